The Morgan fingerprint density at radius 3 is 2.70 bits per heavy atom. The van der Waals surface area contributed by atoms with Gasteiger partial charge < -0.3 is 10.1 Å². The second-order valence-corrected chi connectivity index (χ2v) is 5.99. The first-order valence-electron chi connectivity index (χ1n) is 6.12. The van der Waals surface area contributed by atoms with E-state index in [0.717, 1.165) is 17.5 Å². The lowest BCUT2D eigenvalue weighted by atomic mass is 10.2. The van der Waals surface area contributed by atoms with Crippen LogP contribution in [0.2, 0.25) is 0 Å². The Labute approximate surface area is 125 Å². The Balaban J connectivity index is 2.28. The van der Waals surface area contributed by atoms with Crippen molar-refractivity contribution >= 4 is 40.2 Å². The van der Waals surface area contributed by atoms with E-state index in [2.05, 4.69) is 5.32 Å². The molecule has 4 nitrogen and oxygen atoms in total. The van der Waals surface area contributed by atoms with Crippen molar-refractivity contribution in [2.24, 2.45) is 0 Å². The molecule has 0 bridgehead atoms. The summed E-state index contributed by atoms with van der Waals surface area (Å²) in [7, 11) is 1.33. The number of hydrogen-bond donors (Lipinski definition) is 1. The van der Waals surface area contributed by atoms with E-state index in [9.17, 15) is 9.59 Å². The first-order chi connectivity index (χ1) is 9.58. The van der Waals surface area contributed by atoms with Crippen molar-refractivity contribution in [2.45, 2.75) is 20.3 Å². The van der Waals surface area contributed by atoms with Gasteiger partial charge in [0, 0.05) is 0 Å². The molecule has 0 unspecified atom stereocenters. The summed E-state index contributed by atoms with van der Waals surface area (Å²) in [5.41, 5.74) is 2.42. The largest absolute Gasteiger partial charge is 0.465 e. The molecule has 20 heavy (non-hydrogen) atoms. The minimum Gasteiger partial charge on any atom is -0.465 e. The highest BCUT2D eigenvalue weighted by molar-refractivity contribution is 7.13. The van der Waals surface area contributed by atoms with Crippen LogP contribution in [0.3, 0.4) is 0 Å². The molecule has 0 aliphatic rings. The van der Waals surface area contributed by atoms with Crippen LogP contribution in [0.4, 0.5) is 5.69 Å². The fraction of sp³-hybridized carbons (Fsp3) is 0.286. The third kappa shape index (κ3) is 2.76. The lowest BCUT2D eigenvalue weighted by Crippen LogP contribution is -2.14. The highest BCUT2D eigenvalue weighted by Gasteiger charge is 2.20. The van der Waals surface area contributed by atoms with Crippen LogP contribution in [0, 0.1) is 6.92 Å². The molecule has 0 fully saturated rings. The number of amides is 1. The summed E-state index contributed by atoms with van der Waals surface area (Å²) in [5, 5.41) is 6.56. The normalized spacial score (nSPS) is 10.3. The molecule has 106 valence electrons. The molecule has 0 aliphatic carbocycles. The SMILES string of the molecule is CCc1ccsc1C(=O)Nc1c(C)csc1C(=O)OC. The minimum atomic E-state index is -0.430. The summed E-state index contributed by atoms with van der Waals surface area (Å²) in [6, 6.07) is 1.95. The molecule has 1 amide bonds. The van der Waals surface area contributed by atoms with Crippen LogP contribution in [-0.4, -0.2) is 19.0 Å². The van der Waals surface area contributed by atoms with Crippen molar-refractivity contribution in [1.29, 1.82) is 0 Å². The zero-order valence-electron chi connectivity index (χ0n) is 11.5. The second kappa shape index (κ2) is 6.19. The third-order valence-electron chi connectivity index (χ3n) is 2.92. The zero-order chi connectivity index (χ0) is 14.7. The molecule has 2 aromatic heterocycles. The second-order valence-electron chi connectivity index (χ2n) is 4.20. The minimum absolute atomic E-state index is 0.177. The lowest BCUT2D eigenvalue weighted by molar-refractivity contribution is 0.0607. The van der Waals surface area contributed by atoms with Crippen molar-refractivity contribution < 1.29 is 14.3 Å². The summed E-state index contributed by atoms with van der Waals surface area (Å²) in [5.74, 6) is -0.608. The van der Waals surface area contributed by atoms with E-state index in [4.69, 9.17) is 4.74 Å². The fourth-order valence-electron chi connectivity index (χ4n) is 1.83. The number of ether oxygens (including phenoxy) is 1. The van der Waals surface area contributed by atoms with Crippen LogP contribution in [0.25, 0.3) is 0 Å². The molecule has 0 aliphatic heterocycles. The molecule has 0 saturated heterocycles. The molecule has 1 N–H and O–H groups in total. The van der Waals surface area contributed by atoms with E-state index in [1.807, 2.05) is 30.7 Å². The fourth-order valence-corrected chi connectivity index (χ4v) is 3.64. The summed E-state index contributed by atoms with van der Waals surface area (Å²) in [6.45, 7) is 3.86. The molecular formula is C14H15NO3S2. The maximum atomic E-state index is 12.3. The first-order valence-corrected chi connectivity index (χ1v) is 7.88. The average molecular weight is 309 g/mol. The number of carbonyl (C=O) groups excluding carboxylic acids is 2. The van der Waals surface area contributed by atoms with Gasteiger partial charge in [-0.25, -0.2) is 4.79 Å². The van der Waals surface area contributed by atoms with Crippen molar-refractivity contribution in [3.63, 3.8) is 0 Å². The quantitative estimate of drug-likeness (QED) is 0.876. The number of rotatable bonds is 4. The van der Waals surface area contributed by atoms with Crippen LogP contribution < -0.4 is 5.32 Å². The van der Waals surface area contributed by atoms with Gasteiger partial charge >= 0.3 is 5.97 Å². The number of aryl methyl sites for hydroxylation is 2. The first kappa shape index (κ1) is 14.7. The Morgan fingerprint density at radius 1 is 1.30 bits per heavy atom. The van der Waals surface area contributed by atoms with Crippen LogP contribution in [0.15, 0.2) is 16.8 Å². The van der Waals surface area contributed by atoms with Gasteiger partial charge in [-0.1, -0.05) is 6.92 Å². The maximum absolute atomic E-state index is 12.3. The van der Waals surface area contributed by atoms with Gasteiger partial charge in [0.2, 0.25) is 0 Å². The van der Waals surface area contributed by atoms with Gasteiger partial charge in [0.25, 0.3) is 5.91 Å². The average Bonchev–Trinajstić information content (AvgIpc) is 3.05. The van der Waals surface area contributed by atoms with E-state index in [1.165, 1.54) is 29.8 Å². The van der Waals surface area contributed by atoms with Crippen LogP contribution >= 0.6 is 22.7 Å². The Kier molecular flexibility index (Phi) is 4.57. The zero-order valence-corrected chi connectivity index (χ0v) is 13.1. The standard InChI is InChI=1S/C14H15NO3S2/c1-4-9-5-6-19-11(9)13(16)15-10-8(2)7-20-12(10)14(17)18-3/h5-7H,4H2,1-3H3,(H,15,16). The number of hydrogen-bond acceptors (Lipinski definition) is 5. The summed E-state index contributed by atoms with van der Waals surface area (Å²) >= 11 is 2.68. The molecule has 0 spiro atoms. The molecular weight excluding hydrogens is 294 g/mol. The molecule has 0 aromatic carbocycles. The van der Waals surface area contributed by atoms with Gasteiger partial charge in [-0.2, -0.15) is 0 Å². The van der Waals surface area contributed by atoms with Gasteiger partial charge in [-0.15, -0.1) is 22.7 Å². The van der Waals surface area contributed by atoms with E-state index < -0.39 is 5.97 Å². The van der Waals surface area contributed by atoms with Crippen LogP contribution in [0.1, 0.15) is 37.4 Å². The lowest BCUT2D eigenvalue weighted by Gasteiger charge is -2.07. The van der Waals surface area contributed by atoms with Crippen LogP contribution in [0.5, 0.6) is 0 Å². The van der Waals surface area contributed by atoms with Crippen molar-refractivity contribution in [3.05, 3.63) is 37.7 Å². The highest BCUT2D eigenvalue weighted by atomic mass is 32.1. The van der Waals surface area contributed by atoms with Crippen molar-refractivity contribution in [1.82, 2.24) is 0 Å². The number of methoxy groups -OCH3 is 1. The molecule has 6 heteroatoms. The monoisotopic (exact) mass is 309 g/mol. The number of anilines is 1. The molecule has 2 rings (SSSR count). The van der Waals surface area contributed by atoms with E-state index in [-0.39, 0.29) is 5.91 Å². The number of esters is 1. The van der Waals surface area contributed by atoms with E-state index in [1.54, 1.807) is 0 Å². The summed E-state index contributed by atoms with van der Waals surface area (Å²) in [4.78, 5) is 25.1. The van der Waals surface area contributed by atoms with Gasteiger partial charge in [0.1, 0.15) is 4.88 Å². The summed E-state index contributed by atoms with van der Waals surface area (Å²) in [6.07, 6.45) is 0.804. The number of thiophene rings is 2. The molecule has 2 aromatic rings. The predicted molar refractivity (Wildman–Crippen MR) is 82.0 cm³/mol. The van der Waals surface area contributed by atoms with Crippen LogP contribution in [-0.2, 0) is 11.2 Å². The Morgan fingerprint density at radius 2 is 2.05 bits per heavy atom. The maximum Gasteiger partial charge on any atom is 0.350 e. The van der Waals surface area contributed by atoms with E-state index in [0.29, 0.717) is 15.4 Å². The number of nitrogens with one attached hydrogen (secondary N) is 1. The predicted octanol–water partition coefficient (Wildman–Crippen LogP) is 3.72. The molecule has 0 radical (unpaired) electrons. The summed E-state index contributed by atoms with van der Waals surface area (Å²) < 4.78 is 4.73. The smallest absolute Gasteiger partial charge is 0.350 e. The highest BCUT2D eigenvalue weighted by Crippen LogP contribution is 2.29. The Hall–Kier alpha value is -1.66. The van der Waals surface area contributed by atoms with Crippen molar-refractivity contribution in [2.75, 3.05) is 12.4 Å². The van der Waals surface area contributed by atoms with E-state index >= 15 is 0 Å². The van der Waals surface area contributed by atoms with Gasteiger partial charge in [-0.05, 0) is 41.3 Å². The van der Waals surface area contributed by atoms with Crippen molar-refractivity contribution in [3.8, 4) is 0 Å². The number of carbonyl (C=O) groups is 2. The van der Waals surface area contributed by atoms with Gasteiger partial charge in [0.15, 0.2) is 0 Å². The molecule has 0 atom stereocenters. The third-order valence-corrected chi connectivity index (χ3v) is 4.95. The van der Waals surface area contributed by atoms with Gasteiger partial charge in [0.05, 0.1) is 17.7 Å². The topological polar surface area (TPSA) is 55.4 Å². The molecule has 0 saturated carbocycles. The Bertz CT molecular complexity index is 643. The molecule has 2 heterocycles. The van der Waals surface area contributed by atoms with Gasteiger partial charge in [-0.3, -0.25) is 4.79 Å².